The van der Waals surface area contributed by atoms with Crippen molar-refractivity contribution in [3.05, 3.63) is 75.8 Å². The molecule has 2 aromatic rings. The summed E-state index contributed by atoms with van der Waals surface area (Å²) >= 11 is 0. The van der Waals surface area contributed by atoms with Gasteiger partial charge in [0, 0.05) is 23.0 Å². The molecule has 0 aromatic heterocycles. The molecule has 2 aromatic carbocycles. The largest absolute Gasteiger partial charge is 0.269 e. The van der Waals surface area contributed by atoms with Gasteiger partial charge in [0.05, 0.1) is 4.92 Å². The van der Waals surface area contributed by atoms with Crippen molar-refractivity contribution in [1.82, 2.24) is 0 Å². The maximum atomic E-state index is 11.0. The molecule has 0 N–H and O–H groups in total. The van der Waals surface area contributed by atoms with E-state index >= 15 is 0 Å². The first-order valence-electron chi connectivity index (χ1n) is 8.96. The monoisotopic (exact) mass is 339 g/mol. The molecule has 0 heterocycles. The third-order valence-corrected chi connectivity index (χ3v) is 6.44. The van der Waals surface area contributed by atoms with Gasteiger partial charge in [-0.25, -0.2) is 0 Å². The second-order valence-corrected chi connectivity index (χ2v) is 7.88. The molecule has 25 heavy (non-hydrogen) atoms. The van der Waals surface area contributed by atoms with Gasteiger partial charge in [0.15, 0.2) is 0 Å². The van der Waals surface area contributed by atoms with Crippen LogP contribution < -0.4 is 0 Å². The number of benzene rings is 2. The lowest BCUT2D eigenvalue weighted by atomic mass is 9.50. The molecule has 0 saturated heterocycles. The Kier molecular flexibility index (Phi) is 5.36. The van der Waals surface area contributed by atoms with Crippen molar-refractivity contribution in [1.29, 1.82) is 0 Å². The minimum atomic E-state index is -0.338. The second kappa shape index (κ2) is 6.99. The van der Waals surface area contributed by atoms with E-state index in [4.69, 9.17) is 0 Å². The fourth-order valence-corrected chi connectivity index (χ4v) is 4.18. The van der Waals surface area contributed by atoms with E-state index in [9.17, 15) is 10.1 Å². The lowest BCUT2D eigenvalue weighted by Gasteiger charge is -2.53. The SMILES string of the molecule is CC(C)[C@](C)(c1ccccc1)[C@@](C)(c1ccc([N+](=O)[O-])cc1)C(C)C. The average Bonchev–Trinajstić information content (AvgIpc) is 2.60. The number of hydrogen-bond donors (Lipinski definition) is 0. The van der Waals surface area contributed by atoms with Crippen molar-refractivity contribution in [3.8, 4) is 0 Å². The second-order valence-electron chi connectivity index (χ2n) is 7.88. The van der Waals surface area contributed by atoms with Crippen LogP contribution in [0, 0.1) is 22.0 Å². The Morgan fingerprint density at radius 2 is 1.16 bits per heavy atom. The predicted molar refractivity (Wildman–Crippen MR) is 104 cm³/mol. The van der Waals surface area contributed by atoms with Crippen molar-refractivity contribution in [2.75, 3.05) is 0 Å². The fourth-order valence-electron chi connectivity index (χ4n) is 4.18. The molecular formula is C22H29NO2. The normalized spacial score (nSPS) is 16.5. The van der Waals surface area contributed by atoms with Crippen LogP contribution in [0.1, 0.15) is 52.7 Å². The minimum Gasteiger partial charge on any atom is -0.258 e. The van der Waals surface area contributed by atoms with Crippen molar-refractivity contribution in [3.63, 3.8) is 0 Å². The van der Waals surface area contributed by atoms with Crippen LogP contribution in [0.4, 0.5) is 5.69 Å². The van der Waals surface area contributed by atoms with Gasteiger partial charge in [-0.1, -0.05) is 84.0 Å². The highest BCUT2D eigenvalue weighted by Gasteiger charge is 2.50. The summed E-state index contributed by atoms with van der Waals surface area (Å²) in [5, 5.41) is 11.0. The number of non-ortho nitro benzene ring substituents is 1. The summed E-state index contributed by atoms with van der Waals surface area (Å²) in [4.78, 5) is 10.7. The number of hydrogen-bond acceptors (Lipinski definition) is 2. The molecule has 3 nitrogen and oxygen atoms in total. The van der Waals surface area contributed by atoms with E-state index in [2.05, 4.69) is 65.8 Å². The zero-order valence-corrected chi connectivity index (χ0v) is 16.1. The van der Waals surface area contributed by atoms with Crippen LogP contribution in [0.3, 0.4) is 0 Å². The Balaban J connectivity index is 2.69. The highest BCUT2D eigenvalue weighted by Crippen LogP contribution is 2.53. The summed E-state index contributed by atoms with van der Waals surface area (Å²) < 4.78 is 0. The third kappa shape index (κ3) is 3.08. The van der Waals surface area contributed by atoms with Crippen LogP contribution >= 0.6 is 0 Å². The molecular weight excluding hydrogens is 310 g/mol. The zero-order chi connectivity index (χ0) is 18.8. The zero-order valence-electron chi connectivity index (χ0n) is 16.1. The molecule has 0 unspecified atom stereocenters. The summed E-state index contributed by atoms with van der Waals surface area (Å²) in [5.74, 6) is 0.763. The molecule has 0 aliphatic heterocycles. The Bertz CT molecular complexity index is 721. The van der Waals surface area contributed by atoms with Crippen LogP contribution in [0.15, 0.2) is 54.6 Å². The Hall–Kier alpha value is -2.16. The van der Waals surface area contributed by atoms with Crippen LogP contribution in [0.25, 0.3) is 0 Å². The van der Waals surface area contributed by atoms with Gasteiger partial charge in [0.25, 0.3) is 5.69 Å². The van der Waals surface area contributed by atoms with Crippen molar-refractivity contribution >= 4 is 5.69 Å². The van der Waals surface area contributed by atoms with Gasteiger partial charge in [0.2, 0.25) is 0 Å². The highest BCUT2D eigenvalue weighted by molar-refractivity contribution is 5.42. The lowest BCUT2D eigenvalue weighted by Crippen LogP contribution is -2.52. The number of nitrogens with zero attached hydrogens (tertiary/aromatic N) is 1. The first kappa shape index (κ1) is 19.2. The maximum absolute atomic E-state index is 11.0. The number of rotatable bonds is 6. The Morgan fingerprint density at radius 3 is 1.52 bits per heavy atom. The first-order valence-corrected chi connectivity index (χ1v) is 8.96. The maximum Gasteiger partial charge on any atom is 0.269 e. The molecule has 2 atom stereocenters. The van der Waals surface area contributed by atoms with E-state index in [1.165, 1.54) is 5.56 Å². The Morgan fingerprint density at radius 1 is 0.760 bits per heavy atom. The van der Waals surface area contributed by atoms with E-state index in [-0.39, 0.29) is 21.4 Å². The van der Waals surface area contributed by atoms with Gasteiger partial charge >= 0.3 is 0 Å². The van der Waals surface area contributed by atoms with Crippen LogP contribution in [0.2, 0.25) is 0 Å². The van der Waals surface area contributed by atoms with Crippen molar-refractivity contribution in [2.24, 2.45) is 11.8 Å². The van der Waals surface area contributed by atoms with Gasteiger partial charge < -0.3 is 0 Å². The van der Waals surface area contributed by atoms with E-state index in [1.807, 2.05) is 18.2 Å². The van der Waals surface area contributed by atoms with Crippen LogP contribution in [0.5, 0.6) is 0 Å². The van der Waals surface area contributed by atoms with Crippen molar-refractivity contribution < 1.29 is 4.92 Å². The standard InChI is InChI=1S/C22H29NO2/c1-16(2)21(5,18-10-8-7-9-11-18)22(6,17(3)4)19-12-14-20(15-13-19)23(24)25/h7-17H,1-6H3/t21-,22-/m1/s1. The van der Waals surface area contributed by atoms with E-state index in [0.717, 1.165) is 5.56 Å². The van der Waals surface area contributed by atoms with E-state index in [0.29, 0.717) is 11.8 Å². The first-order chi connectivity index (χ1) is 11.7. The summed E-state index contributed by atoms with van der Waals surface area (Å²) in [7, 11) is 0. The van der Waals surface area contributed by atoms with Crippen molar-refractivity contribution in [2.45, 2.75) is 52.4 Å². The van der Waals surface area contributed by atoms with Gasteiger partial charge in [-0.15, -0.1) is 0 Å². The molecule has 0 saturated carbocycles. The number of nitro benzene ring substituents is 1. The molecule has 0 spiro atoms. The van der Waals surface area contributed by atoms with Gasteiger partial charge in [-0.2, -0.15) is 0 Å². The van der Waals surface area contributed by atoms with Gasteiger partial charge in [-0.05, 0) is 23.0 Å². The molecule has 0 fully saturated rings. The quantitative estimate of drug-likeness (QED) is 0.470. The van der Waals surface area contributed by atoms with E-state index in [1.54, 1.807) is 12.1 Å². The van der Waals surface area contributed by atoms with Gasteiger partial charge in [0.1, 0.15) is 0 Å². The summed E-state index contributed by atoms with van der Waals surface area (Å²) in [6.07, 6.45) is 0. The summed E-state index contributed by atoms with van der Waals surface area (Å²) in [6.45, 7) is 13.6. The topological polar surface area (TPSA) is 43.1 Å². The summed E-state index contributed by atoms with van der Waals surface area (Å²) in [6, 6.07) is 17.7. The van der Waals surface area contributed by atoms with Crippen LogP contribution in [-0.4, -0.2) is 4.92 Å². The average molecular weight is 339 g/mol. The molecule has 0 aliphatic carbocycles. The molecule has 0 aliphatic rings. The Labute approximate surface area is 151 Å². The molecule has 3 heteroatoms. The third-order valence-electron chi connectivity index (χ3n) is 6.44. The molecule has 134 valence electrons. The highest BCUT2D eigenvalue weighted by atomic mass is 16.6. The van der Waals surface area contributed by atoms with E-state index < -0.39 is 0 Å². The molecule has 0 amide bonds. The lowest BCUT2D eigenvalue weighted by molar-refractivity contribution is -0.384. The molecule has 0 bridgehead atoms. The molecule has 0 radical (unpaired) electrons. The van der Waals surface area contributed by atoms with Crippen LogP contribution in [-0.2, 0) is 10.8 Å². The summed E-state index contributed by atoms with van der Waals surface area (Å²) in [5.41, 5.74) is 2.31. The number of nitro groups is 1. The predicted octanol–water partition coefficient (Wildman–Crippen LogP) is 6.12. The fraction of sp³-hybridized carbons (Fsp3) is 0.455. The minimum absolute atomic E-state index is 0.113. The smallest absolute Gasteiger partial charge is 0.258 e. The van der Waals surface area contributed by atoms with Gasteiger partial charge in [-0.3, -0.25) is 10.1 Å². The molecule has 2 rings (SSSR count).